The number of carbonyl (C=O) groups is 1. The molecule has 0 heterocycles. The summed E-state index contributed by atoms with van der Waals surface area (Å²) >= 11 is 0. The van der Waals surface area contributed by atoms with E-state index in [1.807, 2.05) is 38.1 Å². The molecule has 2 N–H and O–H groups in total. The van der Waals surface area contributed by atoms with Crippen molar-refractivity contribution in [3.8, 4) is 5.75 Å². The fourth-order valence-corrected chi connectivity index (χ4v) is 1.42. The average Bonchev–Trinajstić information content (AvgIpc) is 2.30. The Hall–Kier alpha value is -1.81. The van der Waals surface area contributed by atoms with Gasteiger partial charge >= 0.3 is 5.97 Å². The first kappa shape index (κ1) is 14.3. The first-order valence-corrected chi connectivity index (χ1v) is 5.93. The van der Waals surface area contributed by atoms with Crippen LogP contribution in [-0.4, -0.2) is 23.7 Å². The van der Waals surface area contributed by atoms with Gasteiger partial charge in [-0.1, -0.05) is 18.2 Å². The van der Waals surface area contributed by atoms with Crippen LogP contribution in [-0.2, 0) is 11.3 Å². The second-order valence-corrected chi connectivity index (χ2v) is 4.18. The second kappa shape index (κ2) is 7.50. The van der Waals surface area contributed by atoms with Crippen LogP contribution in [0.1, 0.15) is 19.4 Å². The molecule has 4 heteroatoms. The summed E-state index contributed by atoms with van der Waals surface area (Å²) in [4.78, 5) is 10.2. The number of aliphatic carboxylic acids is 1. The van der Waals surface area contributed by atoms with Crippen LogP contribution >= 0.6 is 0 Å². The standard InChI is InChI=1S/C14H19NO3/c1-11(2)18-13-7-5-12(6-8-13)10-15-9-3-4-14(16)17/h3-8,11,15H,9-10H2,1-2H3,(H,16,17)/b4-3+. The monoisotopic (exact) mass is 249 g/mol. The van der Waals surface area contributed by atoms with E-state index < -0.39 is 5.97 Å². The van der Waals surface area contributed by atoms with E-state index in [9.17, 15) is 4.79 Å². The molecule has 0 aliphatic carbocycles. The minimum absolute atomic E-state index is 0.176. The smallest absolute Gasteiger partial charge is 0.328 e. The molecule has 0 saturated carbocycles. The number of nitrogens with one attached hydrogen (secondary N) is 1. The normalized spacial score (nSPS) is 11.1. The molecule has 4 nitrogen and oxygen atoms in total. The molecule has 98 valence electrons. The molecule has 1 aromatic carbocycles. The topological polar surface area (TPSA) is 58.6 Å². The lowest BCUT2D eigenvalue weighted by molar-refractivity contribution is -0.131. The van der Waals surface area contributed by atoms with Crippen LogP contribution in [0.5, 0.6) is 5.75 Å². The number of benzene rings is 1. The van der Waals surface area contributed by atoms with E-state index in [-0.39, 0.29) is 6.10 Å². The molecule has 0 fully saturated rings. The molecular weight excluding hydrogens is 230 g/mol. The Bertz CT molecular complexity index is 396. The van der Waals surface area contributed by atoms with E-state index in [1.54, 1.807) is 6.08 Å². The summed E-state index contributed by atoms with van der Waals surface area (Å²) < 4.78 is 5.54. The van der Waals surface area contributed by atoms with Crippen molar-refractivity contribution in [2.24, 2.45) is 0 Å². The predicted molar refractivity (Wildman–Crippen MR) is 70.7 cm³/mol. The highest BCUT2D eigenvalue weighted by Crippen LogP contribution is 2.13. The van der Waals surface area contributed by atoms with Gasteiger partial charge in [0.2, 0.25) is 0 Å². The van der Waals surface area contributed by atoms with Gasteiger partial charge in [-0.15, -0.1) is 0 Å². The number of rotatable bonds is 7. The summed E-state index contributed by atoms with van der Waals surface area (Å²) in [7, 11) is 0. The molecule has 1 aromatic rings. The van der Waals surface area contributed by atoms with Gasteiger partial charge in [-0.2, -0.15) is 0 Å². The molecule has 0 radical (unpaired) electrons. The fourth-order valence-electron chi connectivity index (χ4n) is 1.42. The van der Waals surface area contributed by atoms with Crippen LogP contribution in [0.15, 0.2) is 36.4 Å². The maximum absolute atomic E-state index is 10.2. The first-order chi connectivity index (χ1) is 8.58. The number of hydrogen-bond acceptors (Lipinski definition) is 3. The third kappa shape index (κ3) is 6.06. The van der Waals surface area contributed by atoms with Gasteiger partial charge in [-0.25, -0.2) is 4.79 Å². The second-order valence-electron chi connectivity index (χ2n) is 4.18. The zero-order chi connectivity index (χ0) is 13.4. The molecule has 0 saturated heterocycles. The third-order valence-electron chi connectivity index (χ3n) is 2.15. The van der Waals surface area contributed by atoms with Gasteiger partial charge in [0.15, 0.2) is 0 Å². The Morgan fingerprint density at radius 1 is 1.39 bits per heavy atom. The molecule has 0 bridgehead atoms. The minimum Gasteiger partial charge on any atom is -0.491 e. The maximum atomic E-state index is 10.2. The zero-order valence-corrected chi connectivity index (χ0v) is 10.7. The molecule has 0 aromatic heterocycles. The largest absolute Gasteiger partial charge is 0.491 e. The van der Waals surface area contributed by atoms with Crippen LogP contribution in [0.2, 0.25) is 0 Å². The highest BCUT2D eigenvalue weighted by Gasteiger charge is 1.97. The van der Waals surface area contributed by atoms with Gasteiger partial charge in [0.25, 0.3) is 0 Å². The molecule has 0 spiro atoms. The van der Waals surface area contributed by atoms with Crippen LogP contribution in [0, 0.1) is 0 Å². The van der Waals surface area contributed by atoms with Crippen molar-refractivity contribution in [3.63, 3.8) is 0 Å². The lowest BCUT2D eigenvalue weighted by Gasteiger charge is -2.10. The quantitative estimate of drug-likeness (QED) is 0.574. The van der Waals surface area contributed by atoms with Gasteiger partial charge in [0.1, 0.15) is 5.75 Å². The molecule has 18 heavy (non-hydrogen) atoms. The molecule has 0 amide bonds. The van der Waals surface area contributed by atoms with Crippen molar-refractivity contribution >= 4 is 5.97 Å². The predicted octanol–water partition coefficient (Wildman–Crippen LogP) is 2.20. The maximum Gasteiger partial charge on any atom is 0.328 e. The van der Waals surface area contributed by atoms with Gasteiger partial charge in [0.05, 0.1) is 6.10 Å². The summed E-state index contributed by atoms with van der Waals surface area (Å²) in [6, 6.07) is 7.85. The van der Waals surface area contributed by atoms with Gasteiger partial charge in [-0.3, -0.25) is 0 Å². The summed E-state index contributed by atoms with van der Waals surface area (Å²) in [5, 5.41) is 11.5. The van der Waals surface area contributed by atoms with Crippen LogP contribution in [0.3, 0.4) is 0 Å². The van der Waals surface area contributed by atoms with E-state index in [4.69, 9.17) is 9.84 Å². The lowest BCUT2D eigenvalue weighted by Crippen LogP contribution is -2.13. The summed E-state index contributed by atoms with van der Waals surface area (Å²) in [6.45, 7) is 5.22. The van der Waals surface area contributed by atoms with E-state index in [2.05, 4.69) is 5.32 Å². The third-order valence-corrected chi connectivity index (χ3v) is 2.15. The van der Waals surface area contributed by atoms with E-state index in [0.29, 0.717) is 13.1 Å². The molecule has 0 unspecified atom stereocenters. The SMILES string of the molecule is CC(C)Oc1ccc(CNC/C=C/C(=O)O)cc1. The summed E-state index contributed by atoms with van der Waals surface area (Å²) in [5.41, 5.74) is 1.13. The Balaban J connectivity index is 2.33. The zero-order valence-electron chi connectivity index (χ0n) is 10.7. The first-order valence-electron chi connectivity index (χ1n) is 5.93. The highest BCUT2D eigenvalue weighted by molar-refractivity contribution is 5.79. The Morgan fingerprint density at radius 3 is 2.61 bits per heavy atom. The Morgan fingerprint density at radius 2 is 2.06 bits per heavy atom. The average molecular weight is 249 g/mol. The van der Waals surface area contributed by atoms with Crippen LogP contribution in [0.4, 0.5) is 0 Å². The fraction of sp³-hybridized carbons (Fsp3) is 0.357. The van der Waals surface area contributed by atoms with Crippen molar-refractivity contribution in [1.82, 2.24) is 5.32 Å². The summed E-state index contributed by atoms with van der Waals surface area (Å²) in [6.07, 6.45) is 2.89. The highest BCUT2D eigenvalue weighted by atomic mass is 16.5. The van der Waals surface area contributed by atoms with E-state index in [0.717, 1.165) is 17.4 Å². The van der Waals surface area contributed by atoms with Crippen molar-refractivity contribution < 1.29 is 14.6 Å². The van der Waals surface area contributed by atoms with Crippen molar-refractivity contribution in [2.75, 3.05) is 6.54 Å². The number of carboxylic acids is 1. The molecule has 1 rings (SSSR count). The van der Waals surface area contributed by atoms with Crippen LogP contribution < -0.4 is 10.1 Å². The number of ether oxygens (including phenoxy) is 1. The summed E-state index contributed by atoms with van der Waals surface area (Å²) in [5.74, 6) is -0.0634. The van der Waals surface area contributed by atoms with Crippen LogP contribution in [0.25, 0.3) is 0 Å². The van der Waals surface area contributed by atoms with Crippen molar-refractivity contribution in [1.29, 1.82) is 0 Å². The Kier molecular flexibility index (Phi) is 5.94. The van der Waals surface area contributed by atoms with Gasteiger partial charge < -0.3 is 15.2 Å². The Labute approximate surface area is 107 Å². The number of carboxylic acid groups (broad SMARTS) is 1. The lowest BCUT2D eigenvalue weighted by atomic mass is 10.2. The van der Waals surface area contributed by atoms with Gasteiger partial charge in [-0.05, 0) is 31.5 Å². The molecule has 0 atom stereocenters. The molecule has 0 aliphatic rings. The van der Waals surface area contributed by atoms with Crippen molar-refractivity contribution in [3.05, 3.63) is 42.0 Å². The van der Waals surface area contributed by atoms with Crippen molar-refractivity contribution in [2.45, 2.75) is 26.5 Å². The van der Waals surface area contributed by atoms with Gasteiger partial charge in [0, 0.05) is 19.2 Å². The minimum atomic E-state index is -0.924. The molecule has 0 aliphatic heterocycles. The number of hydrogen-bond donors (Lipinski definition) is 2. The van der Waals surface area contributed by atoms with E-state index >= 15 is 0 Å². The van der Waals surface area contributed by atoms with E-state index in [1.165, 1.54) is 0 Å². The molecular formula is C14H19NO3.